The largest absolute Gasteiger partial charge is 0.360 e. The van der Waals surface area contributed by atoms with Crippen LogP contribution in [0.4, 0.5) is 10.1 Å². The maximum absolute atomic E-state index is 13.2. The molecule has 3 atom stereocenters. The monoisotopic (exact) mass is 397 g/mol. The highest BCUT2D eigenvalue weighted by atomic mass is 32.1. The van der Waals surface area contributed by atoms with E-state index in [9.17, 15) is 4.39 Å². The molecular weight excluding hydrogens is 369 g/mol. The minimum atomic E-state index is -0.166. The fourth-order valence-corrected chi connectivity index (χ4v) is 5.02. The second-order valence-corrected chi connectivity index (χ2v) is 8.37. The van der Waals surface area contributed by atoms with Crippen LogP contribution < -0.4 is 10.6 Å². The van der Waals surface area contributed by atoms with Gasteiger partial charge in [0.15, 0.2) is 5.11 Å². The number of piperidine rings is 1. The van der Waals surface area contributed by atoms with Crippen LogP contribution in [-0.4, -0.2) is 28.1 Å². The standard InChI is InChI=1S/C23H28FN3S/c1-2-17-5-3-4-6-22(17)26-23(28)25-19-13-20-11-12-21(14-19)27(20)15-16-7-9-18(24)10-8-16/h3-10,19-21H,2,11-15H2,1H3,(H2,25,26,28)/t19?,20-,21+. The van der Waals surface area contributed by atoms with Crippen LogP contribution in [0.5, 0.6) is 0 Å². The third kappa shape index (κ3) is 4.36. The average molecular weight is 398 g/mol. The number of fused-ring (bicyclic) bond motifs is 2. The topological polar surface area (TPSA) is 27.3 Å². The van der Waals surface area contributed by atoms with E-state index in [1.54, 1.807) is 12.1 Å². The van der Waals surface area contributed by atoms with Crippen molar-refractivity contribution < 1.29 is 4.39 Å². The zero-order valence-corrected chi connectivity index (χ0v) is 17.1. The molecule has 0 spiro atoms. The van der Waals surface area contributed by atoms with Crippen LogP contribution in [0.25, 0.3) is 0 Å². The Kier molecular flexibility index (Phi) is 5.93. The molecule has 28 heavy (non-hydrogen) atoms. The number of nitrogens with zero attached hydrogens (tertiary/aromatic N) is 1. The first-order chi connectivity index (χ1) is 13.6. The summed E-state index contributed by atoms with van der Waals surface area (Å²) in [6.07, 6.45) is 5.67. The van der Waals surface area contributed by atoms with Gasteiger partial charge in [0.05, 0.1) is 0 Å². The van der Waals surface area contributed by atoms with Crippen molar-refractivity contribution in [2.75, 3.05) is 5.32 Å². The van der Waals surface area contributed by atoms with Gasteiger partial charge in [-0.05, 0) is 73.6 Å². The maximum Gasteiger partial charge on any atom is 0.171 e. The molecule has 2 bridgehead atoms. The number of para-hydroxylation sites is 1. The summed E-state index contributed by atoms with van der Waals surface area (Å²) in [5.41, 5.74) is 3.57. The fraction of sp³-hybridized carbons (Fsp3) is 0.435. The number of benzene rings is 2. The summed E-state index contributed by atoms with van der Waals surface area (Å²) in [5.74, 6) is -0.166. The Labute approximate surface area is 172 Å². The second kappa shape index (κ2) is 8.58. The minimum absolute atomic E-state index is 0.166. The van der Waals surface area contributed by atoms with E-state index in [1.165, 1.54) is 24.0 Å². The molecule has 0 amide bonds. The van der Waals surface area contributed by atoms with Crippen LogP contribution in [0, 0.1) is 5.82 Å². The van der Waals surface area contributed by atoms with Crippen molar-refractivity contribution in [3.8, 4) is 0 Å². The lowest BCUT2D eigenvalue weighted by molar-refractivity contribution is 0.115. The Morgan fingerprint density at radius 1 is 1.07 bits per heavy atom. The van der Waals surface area contributed by atoms with E-state index in [0.29, 0.717) is 18.1 Å². The molecule has 2 fully saturated rings. The molecule has 2 aromatic carbocycles. The predicted molar refractivity (Wildman–Crippen MR) is 117 cm³/mol. The molecule has 2 aliphatic rings. The number of halogens is 1. The SMILES string of the molecule is CCc1ccccc1NC(=S)NC1C[C@H]2CC[C@@H](C1)N2Cc1ccc(F)cc1. The molecule has 148 valence electrons. The zero-order valence-electron chi connectivity index (χ0n) is 16.3. The van der Waals surface area contributed by atoms with E-state index in [0.717, 1.165) is 36.6 Å². The molecule has 3 nitrogen and oxygen atoms in total. The van der Waals surface area contributed by atoms with Crippen LogP contribution in [0.2, 0.25) is 0 Å². The highest BCUT2D eigenvalue weighted by molar-refractivity contribution is 7.80. The van der Waals surface area contributed by atoms with Crippen LogP contribution in [-0.2, 0) is 13.0 Å². The molecule has 4 rings (SSSR count). The smallest absolute Gasteiger partial charge is 0.171 e. The number of hydrogen-bond donors (Lipinski definition) is 2. The van der Waals surface area contributed by atoms with Crippen molar-refractivity contribution in [1.82, 2.24) is 10.2 Å². The first kappa shape index (κ1) is 19.3. The maximum atomic E-state index is 13.2. The lowest BCUT2D eigenvalue weighted by Gasteiger charge is -2.39. The Morgan fingerprint density at radius 2 is 1.75 bits per heavy atom. The molecule has 2 N–H and O–H groups in total. The molecular formula is C23H28FN3S. The highest BCUT2D eigenvalue weighted by Gasteiger charge is 2.40. The van der Waals surface area contributed by atoms with Crippen molar-refractivity contribution in [3.05, 3.63) is 65.5 Å². The highest BCUT2D eigenvalue weighted by Crippen LogP contribution is 2.37. The van der Waals surface area contributed by atoms with Crippen molar-refractivity contribution >= 4 is 23.0 Å². The predicted octanol–water partition coefficient (Wildman–Crippen LogP) is 4.87. The third-order valence-corrected chi connectivity index (χ3v) is 6.36. The second-order valence-electron chi connectivity index (χ2n) is 7.96. The summed E-state index contributed by atoms with van der Waals surface area (Å²) in [5, 5.41) is 7.66. The van der Waals surface area contributed by atoms with Gasteiger partial charge in [0, 0.05) is 30.4 Å². The molecule has 5 heteroatoms. The number of hydrogen-bond acceptors (Lipinski definition) is 2. The van der Waals surface area contributed by atoms with Gasteiger partial charge in [0.2, 0.25) is 0 Å². The van der Waals surface area contributed by atoms with E-state index in [1.807, 2.05) is 18.2 Å². The molecule has 2 heterocycles. The molecule has 1 unspecified atom stereocenters. The van der Waals surface area contributed by atoms with Gasteiger partial charge in [-0.25, -0.2) is 4.39 Å². The van der Waals surface area contributed by atoms with Gasteiger partial charge < -0.3 is 10.6 Å². The van der Waals surface area contributed by atoms with Gasteiger partial charge in [0.25, 0.3) is 0 Å². The van der Waals surface area contributed by atoms with Crippen LogP contribution in [0.1, 0.15) is 43.7 Å². The Hall–Kier alpha value is -1.98. The number of rotatable bonds is 5. The van der Waals surface area contributed by atoms with Crippen molar-refractivity contribution in [1.29, 1.82) is 0 Å². The molecule has 0 radical (unpaired) electrons. The van der Waals surface area contributed by atoms with Gasteiger partial charge in [-0.15, -0.1) is 0 Å². The van der Waals surface area contributed by atoms with E-state index < -0.39 is 0 Å². The summed E-state index contributed by atoms with van der Waals surface area (Å²) in [7, 11) is 0. The molecule has 0 aliphatic carbocycles. The quantitative estimate of drug-likeness (QED) is 0.704. The van der Waals surface area contributed by atoms with E-state index >= 15 is 0 Å². The average Bonchev–Trinajstić information content (AvgIpc) is 2.92. The summed E-state index contributed by atoms with van der Waals surface area (Å²) < 4.78 is 13.2. The summed E-state index contributed by atoms with van der Waals surface area (Å²) in [6.45, 7) is 3.07. The van der Waals surface area contributed by atoms with Crippen molar-refractivity contribution in [2.45, 2.75) is 63.7 Å². The molecule has 2 aromatic rings. The normalized spacial score (nSPS) is 24.1. The van der Waals surface area contributed by atoms with Crippen molar-refractivity contribution in [3.63, 3.8) is 0 Å². The first-order valence-electron chi connectivity index (χ1n) is 10.3. The van der Waals surface area contributed by atoms with Gasteiger partial charge in [0.1, 0.15) is 5.82 Å². The Bertz CT molecular complexity index is 809. The first-order valence-corrected chi connectivity index (χ1v) is 10.7. The number of aryl methyl sites for hydroxylation is 1. The molecule has 0 aromatic heterocycles. The van der Waals surface area contributed by atoms with Gasteiger partial charge in [-0.1, -0.05) is 37.3 Å². The Morgan fingerprint density at radius 3 is 2.43 bits per heavy atom. The molecule has 2 saturated heterocycles. The lowest BCUT2D eigenvalue weighted by Crippen LogP contribution is -2.50. The summed E-state index contributed by atoms with van der Waals surface area (Å²) in [4.78, 5) is 2.61. The van der Waals surface area contributed by atoms with E-state index in [2.05, 4.69) is 40.7 Å². The lowest BCUT2D eigenvalue weighted by atomic mass is 9.96. The zero-order chi connectivity index (χ0) is 19.5. The van der Waals surface area contributed by atoms with E-state index in [-0.39, 0.29) is 5.82 Å². The van der Waals surface area contributed by atoms with Crippen LogP contribution in [0.3, 0.4) is 0 Å². The van der Waals surface area contributed by atoms with Crippen LogP contribution >= 0.6 is 12.2 Å². The Balaban J connectivity index is 1.34. The molecule has 0 saturated carbocycles. The summed E-state index contributed by atoms with van der Waals surface area (Å²) >= 11 is 5.60. The van der Waals surface area contributed by atoms with E-state index in [4.69, 9.17) is 12.2 Å². The minimum Gasteiger partial charge on any atom is -0.360 e. The summed E-state index contributed by atoms with van der Waals surface area (Å²) in [6, 6.07) is 16.8. The third-order valence-electron chi connectivity index (χ3n) is 6.14. The van der Waals surface area contributed by atoms with Crippen molar-refractivity contribution in [2.24, 2.45) is 0 Å². The fourth-order valence-electron chi connectivity index (χ4n) is 4.75. The molecule has 2 aliphatic heterocycles. The van der Waals surface area contributed by atoms with Gasteiger partial charge in [-0.3, -0.25) is 4.90 Å². The number of anilines is 1. The van der Waals surface area contributed by atoms with Gasteiger partial charge >= 0.3 is 0 Å². The van der Waals surface area contributed by atoms with Crippen LogP contribution in [0.15, 0.2) is 48.5 Å². The number of nitrogens with one attached hydrogen (secondary N) is 2. The van der Waals surface area contributed by atoms with Gasteiger partial charge in [-0.2, -0.15) is 0 Å². The number of thiocarbonyl (C=S) groups is 1.